The molecule has 0 radical (unpaired) electrons. The molecule has 1 aromatic carbocycles. The Morgan fingerprint density at radius 2 is 1.90 bits per heavy atom. The maximum atomic E-state index is 15.2. The van der Waals surface area contributed by atoms with E-state index < -0.39 is 29.4 Å². The van der Waals surface area contributed by atoms with Gasteiger partial charge in [-0.25, -0.2) is 4.98 Å². The van der Waals surface area contributed by atoms with Gasteiger partial charge in [0.05, 0.1) is 22.5 Å². The maximum absolute atomic E-state index is 15.2. The molecule has 3 aromatic rings. The van der Waals surface area contributed by atoms with E-state index in [9.17, 15) is 23.1 Å². The van der Waals surface area contributed by atoms with Crippen molar-refractivity contribution in [1.29, 1.82) is 0 Å². The van der Waals surface area contributed by atoms with Crippen molar-refractivity contribution in [2.45, 2.75) is 18.7 Å². The Morgan fingerprint density at radius 1 is 1.17 bits per heavy atom. The van der Waals surface area contributed by atoms with Crippen molar-refractivity contribution in [3.8, 4) is 5.69 Å². The van der Waals surface area contributed by atoms with Crippen molar-refractivity contribution in [2.75, 3.05) is 18.0 Å². The number of aliphatic hydroxyl groups is 1. The largest absolute Gasteiger partial charge is 0.433 e. The number of anilines is 1. The van der Waals surface area contributed by atoms with Gasteiger partial charge in [0.2, 0.25) is 5.82 Å². The molecule has 1 atom stereocenters. The Hall–Kier alpha value is -2.65. The standard InChI is InChI=1S/C19H14ClF4N3O2/c20-12-3-1-2-4-13(12)27-17-11(5-6-14(25-17)19(22,23)24)16(15(21)18(27)29)26-8-7-10(28)9-26/h1-6,10,28H,7-9H2/t10-/m1/s1. The zero-order chi connectivity index (χ0) is 20.9. The molecule has 0 amide bonds. The van der Waals surface area contributed by atoms with Crippen molar-refractivity contribution in [3.63, 3.8) is 0 Å². The summed E-state index contributed by atoms with van der Waals surface area (Å²) in [5.74, 6) is -1.15. The quantitative estimate of drug-likeness (QED) is 0.633. The van der Waals surface area contributed by atoms with E-state index >= 15 is 4.39 Å². The maximum Gasteiger partial charge on any atom is 0.433 e. The van der Waals surface area contributed by atoms with Gasteiger partial charge < -0.3 is 10.0 Å². The van der Waals surface area contributed by atoms with Crippen molar-refractivity contribution in [3.05, 3.63) is 63.3 Å². The van der Waals surface area contributed by atoms with Crippen molar-refractivity contribution >= 4 is 28.3 Å². The number of rotatable bonds is 2. The second kappa shape index (κ2) is 7.00. The molecule has 4 rings (SSSR count). The SMILES string of the molecule is O=c1c(F)c(N2CC[C@@H](O)C2)c2ccc(C(F)(F)F)nc2n1-c1ccccc1Cl. The van der Waals surface area contributed by atoms with Crippen LogP contribution >= 0.6 is 11.6 Å². The first-order valence-electron chi connectivity index (χ1n) is 8.69. The van der Waals surface area contributed by atoms with Gasteiger partial charge in [-0.1, -0.05) is 23.7 Å². The summed E-state index contributed by atoms with van der Waals surface area (Å²) < 4.78 is 55.7. The lowest BCUT2D eigenvalue weighted by Crippen LogP contribution is -2.30. The fourth-order valence-electron chi connectivity index (χ4n) is 3.49. The van der Waals surface area contributed by atoms with Crippen LogP contribution in [-0.2, 0) is 6.18 Å². The number of aromatic nitrogens is 2. The van der Waals surface area contributed by atoms with Crippen molar-refractivity contribution < 1.29 is 22.7 Å². The minimum Gasteiger partial charge on any atom is -0.391 e. The average molecular weight is 428 g/mol. The Bertz CT molecular complexity index is 1160. The summed E-state index contributed by atoms with van der Waals surface area (Å²) >= 11 is 6.12. The van der Waals surface area contributed by atoms with E-state index in [-0.39, 0.29) is 40.5 Å². The van der Waals surface area contributed by atoms with Crippen LogP contribution in [0.2, 0.25) is 5.02 Å². The summed E-state index contributed by atoms with van der Waals surface area (Å²) in [6, 6.07) is 7.75. The van der Waals surface area contributed by atoms with Crippen LogP contribution in [0.4, 0.5) is 23.2 Å². The lowest BCUT2D eigenvalue weighted by atomic mass is 10.1. The topological polar surface area (TPSA) is 58.4 Å². The molecular formula is C19H14ClF4N3O2. The molecule has 0 bridgehead atoms. The van der Waals surface area contributed by atoms with Crippen molar-refractivity contribution in [2.24, 2.45) is 0 Å². The Labute approximate surface area is 166 Å². The number of alkyl halides is 3. The molecule has 3 heterocycles. The lowest BCUT2D eigenvalue weighted by molar-refractivity contribution is -0.141. The molecule has 0 unspecified atom stereocenters. The van der Waals surface area contributed by atoms with Crippen LogP contribution in [0.15, 0.2) is 41.2 Å². The van der Waals surface area contributed by atoms with Crippen LogP contribution in [-0.4, -0.2) is 33.9 Å². The first kappa shape index (κ1) is 19.7. The zero-order valence-corrected chi connectivity index (χ0v) is 15.5. The lowest BCUT2D eigenvalue weighted by Gasteiger charge is -2.23. The van der Waals surface area contributed by atoms with Gasteiger partial charge in [0.1, 0.15) is 11.3 Å². The van der Waals surface area contributed by atoms with E-state index in [2.05, 4.69) is 4.98 Å². The van der Waals surface area contributed by atoms with Crippen LogP contribution < -0.4 is 10.5 Å². The van der Waals surface area contributed by atoms with E-state index in [1.807, 2.05) is 0 Å². The number of pyridine rings is 2. The highest BCUT2D eigenvalue weighted by Crippen LogP contribution is 2.35. The van der Waals surface area contributed by atoms with E-state index in [1.54, 1.807) is 6.07 Å². The molecule has 29 heavy (non-hydrogen) atoms. The molecule has 1 N–H and O–H groups in total. The molecule has 10 heteroatoms. The van der Waals surface area contributed by atoms with Crippen LogP contribution in [0, 0.1) is 5.82 Å². The summed E-state index contributed by atoms with van der Waals surface area (Å²) in [5, 5.41) is 9.86. The third kappa shape index (κ3) is 3.34. The Morgan fingerprint density at radius 3 is 2.52 bits per heavy atom. The third-order valence-electron chi connectivity index (χ3n) is 4.80. The van der Waals surface area contributed by atoms with Crippen LogP contribution in [0.5, 0.6) is 0 Å². The molecule has 0 aliphatic carbocycles. The molecule has 152 valence electrons. The fraction of sp³-hybridized carbons (Fsp3) is 0.263. The molecule has 2 aromatic heterocycles. The van der Waals surface area contributed by atoms with Crippen LogP contribution in [0.25, 0.3) is 16.7 Å². The van der Waals surface area contributed by atoms with Gasteiger partial charge in [-0.3, -0.25) is 9.36 Å². The second-order valence-corrected chi connectivity index (χ2v) is 7.12. The molecule has 1 saturated heterocycles. The Kier molecular flexibility index (Phi) is 4.74. The molecule has 0 saturated carbocycles. The highest BCUT2D eigenvalue weighted by Gasteiger charge is 2.34. The van der Waals surface area contributed by atoms with E-state index in [0.717, 1.165) is 16.7 Å². The van der Waals surface area contributed by atoms with Crippen LogP contribution in [0.3, 0.4) is 0 Å². The van der Waals surface area contributed by atoms with Crippen molar-refractivity contribution in [1.82, 2.24) is 9.55 Å². The van der Waals surface area contributed by atoms with E-state index in [1.165, 1.54) is 23.1 Å². The molecule has 5 nitrogen and oxygen atoms in total. The number of hydrogen-bond acceptors (Lipinski definition) is 4. The number of halogens is 5. The number of β-amino-alcohol motifs (C(OH)–C–C–N with tert-alkyl or cyclic N) is 1. The summed E-state index contributed by atoms with van der Waals surface area (Å²) in [6.07, 6.45) is -5.13. The summed E-state index contributed by atoms with van der Waals surface area (Å²) in [7, 11) is 0. The summed E-state index contributed by atoms with van der Waals surface area (Å²) in [5.41, 5.74) is -2.91. The number of hydrogen-bond donors (Lipinski definition) is 1. The molecule has 0 spiro atoms. The van der Waals surface area contributed by atoms with Gasteiger partial charge >= 0.3 is 6.18 Å². The fourth-order valence-corrected chi connectivity index (χ4v) is 3.71. The second-order valence-electron chi connectivity index (χ2n) is 6.71. The number of fused-ring (bicyclic) bond motifs is 1. The van der Waals surface area contributed by atoms with Gasteiger partial charge in [0.25, 0.3) is 5.56 Å². The molecule has 1 aliphatic heterocycles. The predicted octanol–water partition coefficient (Wildman–Crippen LogP) is 3.77. The third-order valence-corrected chi connectivity index (χ3v) is 5.12. The predicted molar refractivity (Wildman–Crippen MR) is 100 cm³/mol. The smallest absolute Gasteiger partial charge is 0.391 e. The number of nitrogens with zero attached hydrogens (tertiary/aromatic N) is 3. The van der Waals surface area contributed by atoms with E-state index in [4.69, 9.17) is 11.6 Å². The number of aliphatic hydroxyl groups excluding tert-OH is 1. The highest BCUT2D eigenvalue weighted by atomic mass is 35.5. The van der Waals surface area contributed by atoms with Gasteiger partial charge in [-0.2, -0.15) is 17.6 Å². The number of para-hydroxylation sites is 1. The molecular weight excluding hydrogens is 414 g/mol. The minimum atomic E-state index is -4.76. The first-order valence-corrected chi connectivity index (χ1v) is 9.06. The molecule has 1 fully saturated rings. The van der Waals surface area contributed by atoms with Gasteiger partial charge in [0.15, 0.2) is 0 Å². The summed E-state index contributed by atoms with van der Waals surface area (Å²) in [4.78, 5) is 18.0. The molecule has 1 aliphatic rings. The summed E-state index contributed by atoms with van der Waals surface area (Å²) in [6.45, 7) is 0.312. The Balaban J connectivity index is 2.11. The number of benzene rings is 1. The zero-order valence-electron chi connectivity index (χ0n) is 14.7. The van der Waals surface area contributed by atoms with Gasteiger partial charge in [0, 0.05) is 18.5 Å². The first-order chi connectivity index (χ1) is 13.7. The average Bonchev–Trinajstić information content (AvgIpc) is 3.09. The van der Waals surface area contributed by atoms with Gasteiger partial charge in [-0.15, -0.1) is 0 Å². The highest BCUT2D eigenvalue weighted by molar-refractivity contribution is 6.32. The van der Waals surface area contributed by atoms with E-state index in [0.29, 0.717) is 6.42 Å². The normalized spacial score (nSPS) is 17.3. The minimum absolute atomic E-state index is 0.0166. The monoisotopic (exact) mass is 427 g/mol. The van der Waals surface area contributed by atoms with Gasteiger partial charge in [-0.05, 0) is 30.7 Å². The van der Waals surface area contributed by atoms with Crippen LogP contribution in [0.1, 0.15) is 12.1 Å².